The summed E-state index contributed by atoms with van der Waals surface area (Å²) in [5.74, 6) is 1.61. The third kappa shape index (κ3) is 6.23. The van der Waals surface area contributed by atoms with Crippen molar-refractivity contribution in [2.75, 3.05) is 25.0 Å². The zero-order valence-electron chi connectivity index (χ0n) is 14.6. The third-order valence-electron chi connectivity index (χ3n) is 3.55. The van der Waals surface area contributed by atoms with Crippen LogP contribution in [-0.2, 0) is 4.74 Å². The number of piperidine rings is 1. The van der Waals surface area contributed by atoms with Crippen molar-refractivity contribution in [3.8, 4) is 11.5 Å². The molecule has 6 heteroatoms. The van der Waals surface area contributed by atoms with Crippen molar-refractivity contribution in [1.29, 1.82) is 0 Å². The summed E-state index contributed by atoms with van der Waals surface area (Å²) in [6.07, 6.45) is 1.46. The van der Waals surface area contributed by atoms with Gasteiger partial charge in [0.2, 0.25) is 0 Å². The fourth-order valence-electron chi connectivity index (χ4n) is 2.47. The average Bonchev–Trinajstić information content (AvgIpc) is 2.52. The van der Waals surface area contributed by atoms with E-state index < -0.39 is 5.60 Å². The van der Waals surface area contributed by atoms with Gasteiger partial charge in [0.25, 0.3) is 0 Å². The Labute approximate surface area is 152 Å². The van der Waals surface area contributed by atoms with Crippen LogP contribution in [0.25, 0.3) is 0 Å². The molecule has 5 nitrogen and oxygen atoms in total. The molecule has 2 rings (SSSR count). The summed E-state index contributed by atoms with van der Waals surface area (Å²) in [5, 5.41) is 0.793. The Balaban J connectivity index is 1.81. The lowest BCUT2D eigenvalue weighted by atomic mass is 10.1. The molecule has 0 bridgehead atoms. The molecule has 0 N–H and O–H groups in total. The molecule has 0 spiro atoms. The van der Waals surface area contributed by atoms with Crippen molar-refractivity contribution in [3.63, 3.8) is 0 Å². The van der Waals surface area contributed by atoms with Gasteiger partial charge in [-0.2, -0.15) is 0 Å². The Morgan fingerprint density at radius 1 is 1.25 bits per heavy atom. The van der Waals surface area contributed by atoms with Gasteiger partial charge >= 0.3 is 6.09 Å². The van der Waals surface area contributed by atoms with Crippen LogP contribution in [-0.4, -0.2) is 47.7 Å². The Kier molecular flexibility index (Phi) is 6.78. The molecule has 1 aromatic rings. The monoisotopic (exact) mass is 399 g/mol. The van der Waals surface area contributed by atoms with Crippen LogP contribution in [0.4, 0.5) is 4.79 Å². The van der Waals surface area contributed by atoms with Crippen LogP contribution >= 0.6 is 15.9 Å². The number of amides is 1. The summed E-state index contributed by atoms with van der Waals surface area (Å²) < 4.78 is 17.0. The molecular formula is C18H26BrNO4. The van der Waals surface area contributed by atoms with E-state index >= 15 is 0 Å². The highest BCUT2D eigenvalue weighted by atomic mass is 79.9. The molecular weight excluding hydrogens is 374 g/mol. The quantitative estimate of drug-likeness (QED) is 0.694. The van der Waals surface area contributed by atoms with Gasteiger partial charge in [-0.05, 0) is 32.9 Å². The number of ether oxygens (including phenoxy) is 3. The number of alkyl halides is 1. The molecule has 1 aliphatic heterocycles. The Hall–Kier alpha value is -1.43. The predicted molar refractivity (Wildman–Crippen MR) is 97.2 cm³/mol. The smallest absolute Gasteiger partial charge is 0.410 e. The second kappa shape index (κ2) is 8.60. The van der Waals surface area contributed by atoms with E-state index in [9.17, 15) is 4.79 Å². The lowest BCUT2D eigenvalue weighted by Crippen LogP contribution is -2.44. The van der Waals surface area contributed by atoms with E-state index in [0.29, 0.717) is 19.7 Å². The summed E-state index contributed by atoms with van der Waals surface area (Å²) >= 11 is 3.34. The van der Waals surface area contributed by atoms with Gasteiger partial charge in [-0.3, -0.25) is 0 Å². The molecule has 1 aromatic carbocycles. The maximum absolute atomic E-state index is 12.1. The van der Waals surface area contributed by atoms with Gasteiger partial charge < -0.3 is 19.1 Å². The molecule has 1 amide bonds. The molecule has 0 atom stereocenters. The van der Waals surface area contributed by atoms with Gasteiger partial charge in [0.1, 0.15) is 23.2 Å². The zero-order valence-corrected chi connectivity index (χ0v) is 16.2. The predicted octanol–water partition coefficient (Wildman–Crippen LogP) is 4.24. The first-order chi connectivity index (χ1) is 11.4. The Morgan fingerprint density at radius 2 is 1.92 bits per heavy atom. The minimum absolute atomic E-state index is 0.107. The standard InChI is InChI=1S/C18H26BrNO4/c1-18(2,3)24-17(21)20-10-7-14(8-11-20)23-16-6-4-5-15(13-16)22-12-9-19/h4-6,13-14H,7-12H2,1-3H3. The van der Waals surface area contributed by atoms with Crippen molar-refractivity contribution in [2.24, 2.45) is 0 Å². The Bertz CT molecular complexity index is 536. The third-order valence-corrected chi connectivity index (χ3v) is 3.87. The SMILES string of the molecule is CC(C)(C)OC(=O)N1CCC(Oc2cccc(OCCBr)c2)CC1. The minimum atomic E-state index is -0.458. The van der Waals surface area contributed by atoms with Crippen LogP contribution in [0.2, 0.25) is 0 Å². The van der Waals surface area contributed by atoms with Crippen LogP contribution in [0.1, 0.15) is 33.6 Å². The fraction of sp³-hybridized carbons (Fsp3) is 0.611. The lowest BCUT2D eigenvalue weighted by molar-refractivity contribution is 0.0126. The normalized spacial score (nSPS) is 15.9. The number of nitrogens with zero attached hydrogens (tertiary/aromatic N) is 1. The molecule has 0 unspecified atom stereocenters. The highest BCUT2D eigenvalue weighted by Crippen LogP contribution is 2.24. The maximum atomic E-state index is 12.1. The molecule has 134 valence electrons. The zero-order chi connectivity index (χ0) is 17.6. The summed E-state index contributed by atoms with van der Waals surface area (Å²) in [6.45, 7) is 7.57. The van der Waals surface area contributed by atoms with Crippen LogP contribution in [0.3, 0.4) is 0 Å². The first-order valence-electron chi connectivity index (χ1n) is 8.31. The first kappa shape index (κ1) is 18.9. The van der Waals surface area contributed by atoms with Gasteiger partial charge in [0.15, 0.2) is 0 Å². The van der Waals surface area contributed by atoms with Gasteiger partial charge in [0.05, 0.1) is 6.61 Å². The van der Waals surface area contributed by atoms with Crippen LogP contribution in [0, 0.1) is 0 Å². The average molecular weight is 400 g/mol. The molecule has 1 heterocycles. The maximum Gasteiger partial charge on any atom is 0.410 e. The van der Waals surface area contributed by atoms with Crippen molar-refractivity contribution in [2.45, 2.75) is 45.3 Å². The van der Waals surface area contributed by atoms with Crippen LogP contribution in [0.15, 0.2) is 24.3 Å². The van der Waals surface area contributed by atoms with E-state index in [1.165, 1.54) is 0 Å². The van der Waals surface area contributed by atoms with E-state index in [-0.39, 0.29) is 12.2 Å². The highest BCUT2D eigenvalue weighted by Gasteiger charge is 2.27. The van der Waals surface area contributed by atoms with E-state index in [4.69, 9.17) is 14.2 Å². The number of carbonyl (C=O) groups is 1. The second-order valence-electron chi connectivity index (χ2n) is 6.80. The highest BCUT2D eigenvalue weighted by molar-refractivity contribution is 9.09. The number of rotatable bonds is 5. The van der Waals surface area contributed by atoms with Gasteiger partial charge in [-0.25, -0.2) is 4.79 Å². The largest absolute Gasteiger partial charge is 0.493 e. The molecule has 0 aliphatic carbocycles. The van der Waals surface area contributed by atoms with Crippen molar-refractivity contribution in [3.05, 3.63) is 24.3 Å². The van der Waals surface area contributed by atoms with E-state index in [1.54, 1.807) is 4.90 Å². The topological polar surface area (TPSA) is 48.0 Å². The number of hydrogen-bond acceptors (Lipinski definition) is 4. The van der Waals surface area contributed by atoms with Crippen molar-refractivity contribution in [1.82, 2.24) is 4.90 Å². The molecule has 1 saturated heterocycles. The Morgan fingerprint density at radius 3 is 2.54 bits per heavy atom. The molecule has 1 aliphatic rings. The molecule has 0 saturated carbocycles. The molecule has 24 heavy (non-hydrogen) atoms. The number of hydrogen-bond donors (Lipinski definition) is 0. The van der Waals surface area contributed by atoms with Crippen LogP contribution in [0.5, 0.6) is 11.5 Å². The van der Waals surface area contributed by atoms with Gasteiger partial charge in [-0.1, -0.05) is 22.0 Å². The van der Waals surface area contributed by atoms with E-state index in [2.05, 4.69) is 15.9 Å². The lowest BCUT2D eigenvalue weighted by Gasteiger charge is -2.33. The molecule has 0 aromatic heterocycles. The number of likely N-dealkylation sites (tertiary alicyclic amines) is 1. The second-order valence-corrected chi connectivity index (χ2v) is 7.59. The summed E-state index contributed by atoms with van der Waals surface area (Å²) in [6, 6.07) is 7.68. The van der Waals surface area contributed by atoms with Gasteiger partial charge in [0, 0.05) is 37.3 Å². The van der Waals surface area contributed by atoms with Crippen LogP contribution < -0.4 is 9.47 Å². The van der Waals surface area contributed by atoms with Gasteiger partial charge in [-0.15, -0.1) is 0 Å². The minimum Gasteiger partial charge on any atom is -0.493 e. The number of halogens is 1. The number of benzene rings is 1. The number of carbonyl (C=O) groups excluding carboxylic acids is 1. The molecule has 1 fully saturated rings. The van der Waals surface area contributed by atoms with Crippen molar-refractivity contribution < 1.29 is 19.0 Å². The summed E-state index contributed by atoms with van der Waals surface area (Å²) in [4.78, 5) is 13.8. The fourth-order valence-corrected chi connectivity index (χ4v) is 2.63. The summed E-state index contributed by atoms with van der Waals surface area (Å²) in [7, 11) is 0. The molecule has 0 radical (unpaired) electrons. The van der Waals surface area contributed by atoms with E-state index in [1.807, 2.05) is 45.0 Å². The van der Waals surface area contributed by atoms with E-state index in [0.717, 1.165) is 29.7 Å². The first-order valence-corrected chi connectivity index (χ1v) is 9.43. The summed E-state index contributed by atoms with van der Waals surface area (Å²) in [5.41, 5.74) is -0.458. The van der Waals surface area contributed by atoms with Crippen molar-refractivity contribution >= 4 is 22.0 Å².